The molecule has 35 heavy (non-hydrogen) atoms. The number of hydrogen-bond acceptors (Lipinski definition) is 8. The van der Waals surface area contributed by atoms with Crippen LogP contribution in [0.4, 0.5) is 0 Å². The molecule has 1 aliphatic rings. The molecule has 4 amide bonds. The molecule has 1 fully saturated rings. The van der Waals surface area contributed by atoms with E-state index in [1.165, 1.54) is 29.2 Å². The Balaban J connectivity index is 2.19. The number of hydrogen-bond donors (Lipinski definition) is 6. The lowest BCUT2D eigenvalue weighted by Crippen LogP contribution is -2.57. The minimum Gasteiger partial charge on any atom is -0.480 e. The van der Waals surface area contributed by atoms with Crippen molar-refractivity contribution in [1.29, 1.82) is 0 Å². The molecule has 2 rings (SSSR count). The predicted molar refractivity (Wildman–Crippen MR) is 128 cm³/mol. The minimum atomic E-state index is -1.19. The lowest BCUT2D eigenvalue weighted by atomic mass is 10.1. The highest BCUT2D eigenvalue weighted by molar-refractivity contribution is 7.98. The van der Waals surface area contributed by atoms with E-state index >= 15 is 0 Å². The van der Waals surface area contributed by atoms with E-state index in [1.54, 1.807) is 0 Å². The third kappa shape index (κ3) is 8.55. The fraction of sp³-hybridized carbons (Fsp3) is 0.619. The number of amides is 4. The Hall–Kier alpha value is -3.13. The highest BCUT2D eigenvalue weighted by atomic mass is 32.2. The zero-order valence-corrected chi connectivity index (χ0v) is 20.4. The van der Waals surface area contributed by atoms with Gasteiger partial charge < -0.3 is 37.1 Å². The number of H-pyrrole nitrogens is 1. The number of nitrogens with two attached hydrogens (primary N) is 2. The van der Waals surface area contributed by atoms with Gasteiger partial charge in [-0.2, -0.15) is 11.8 Å². The fourth-order valence-corrected chi connectivity index (χ4v) is 4.27. The molecule has 1 aromatic heterocycles. The number of aromatic nitrogens is 2. The van der Waals surface area contributed by atoms with Gasteiger partial charge in [0.05, 0.1) is 12.4 Å². The van der Waals surface area contributed by atoms with Crippen molar-refractivity contribution in [1.82, 2.24) is 25.5 Å². The lowest BCUT2D eigenvalue weighted by Gasteiger charge is -2.28. The zero-order valence-electron chi connectivity index (χ0n) is 19.6. The summed E-state index contributed by atoms with van der Waals surface area (Å²) in [4.78, 5) is 69.9. The number of imidazole rings is 1. The molecule has 0 aromatic carbocycles. The van der Waals surface area contributed by atoms with E-state index in [9.17, 15) is 29.1 Å². The average molecular weight is 512 g/mol. The Morgan fingerprint density at radius 2 is 1.94 bits per heavy atom. The number of likely N-dealkylation sites (tertiary alicyclic amines) is 1. The summed E-state index contributed by atoms with van der Waals surface area (Å²) in [5.41, 5.74) is 11.7. The van der Waals surface area contributed by atoms with Gasteiger partial charge in [-0.1, -0.05) is 0 Å². The van der Waals surface area contributed by atoms with Crippen LogP contribution in [0.25, 0.3) is 0 Å². The number of thioether (sulfide) groups is 1. The Morgan fingerprint density at radius 1 is 1.23 bits per heavy atom. The van der Waals surface area contributed by atoms with Crippen molar-refractivity contribution in [3.63, 3.8) is 0 Å². The molecule has 194 valence electrons. The maximum Gasteiger partial charge on any atom is 0.326 e. The molecule has 0 spiro atoms. The van der Waals surface area contributed by atoms with Gasteiger partial charge in [-0.15, -0.1) is 0 Å². The molecular weight excluding hydrogens is 478 g/mol. The summed E-state index contributed by atoms with van der Waals surface area (Å²) in [5, 5.41) is 14.6. The van der Waals surface area contributed by atoms with Gasteiger partial charge in [-0.05, 0) is 37.7 Å². The van der Waals surface area contributed by atoms with Crippen LogP contribution in [-0.2, 0) is 30.4 Å². The van der Waals surface area contributed by atoms with Crippen LogP contribution in [-0.4, -0.2) is 92.3 Å². The van der Waals surface area contributed by atoms with Crippen LogP contribution in [0.15, 0.2) is 12.5 Å². The van der Waals surface area contributed by atoms with Crippen molar-refractivity contribution in [2.24, 2.45) is 11.5 Å². The zero-order chi connectivity index (χ0) is 26.0. The lowest BCUT2D eigenvalue weighted by molar-refractivity contribution is -0.149. The van der Waals surface area contributed by atoms with Crippen LogP contribution in [0.3, 0.4) is 0 Å². The molecule has 0 radical (unpaired) electrons. The van der Waals surface area contributed by atoms with Gasteiger partial charge in [0.1, 0.15) is 18.1 Å². The van der Waals surface area contributed by atoms with Gasteiger partial charge in [-0.3, -0.25) is 19.2 Å². The quantitative estimate of drug-likeness (QED) is 0.168. The van der Waals surface area contributed by atoms with Gasteiger partial charge >= 0.3 is 5.97 Å². The van der Waals surface area contributed by atoms with Crippen molar-refractivity contribution in [3.05, 3.63) is 18.2 Å². The number of aliphatic carboxylic acids is 1. The topological polar surface area (TPSA) is 214 Å². The van der Waals surface area contributed by atoms with Gasteiger partial charge in [0, 0.05) is 31.3 Å². The van der Waals surface area contributed by atoms with E-state index in [0.29, 0.717) is 30.7 Å². The number of carbonyl (C=O) groups is 5. The third-order valence-electron chi connectivity index (χ3n) is 5.70. The van der Waals surface area contributed by atoms with Crippen LogP contribution < -0.4 is 22.1 Å². The minimum absolute atomic E-state index is 0.0466. The van der Waals surface area contributed by atoms with E-state index in [2.05, 4.69) is 20.6 Å². The second-order valence-corrected chi connectivity index (χ2v) is 9.31. The summed E-state index contributed by atoms with van der Waals surface area (Å²) >= 11 is 1.54. The molecule has 4 atom stereocenters. The van der Waals surface area contributed by atoms with Gasteiger partial charge in [0.25, 0.3) is 0 Å². The molecule has 1 saturated heterocycles. The van der Waals surface area contributed by atoms with Crippen LogP contribution in [0.2, 0.25) is 0 Å². The number of rotatable bonds is 14. The van der Waals surface area contributed by atoms with E-state index < -0.39 is 53.8 Å². The molecule has 0 aliphatic carbocycles. The number of nitrogens with zero attached hydrogens (tertiary/aromatic N) is 2. The highest BCUT2D eigenvalue weighted by Gasteiger charge is 2.38. The molecule has 0 saturated carbocycles. The fourth-order valence-electron chi connectivity index (χ4n) is 3.78. The van der Waals surface area contributed by atoms with Crippen LogP contribution in [0.5, 0.6) is 0 Å². The smallest absolute Gasteiger partial charge is 0.326 e. The summed E-state index contributed by atoms with van der Waals surface area (Å²) in [7, 11) is 0. The second kappa shape index (κ2) is 13.7. The first kappa shape index (κ1) is 28.1. The molecule has 1 aromatic rings. The third-order valence-corrected chi connectivity index (χ3v) is 6.34. The SMILES string of the molecule is CSCCC(N)C(=O)NC(Cc1cnc[nH]1)C(=O)NC(CCC(N)=O)C(=O)N1CCCC1C(=O)O. The number of carboxylic acids is 1. The van der Waals surface area contributed by atoms with Crippen LogP contribution >= 0.6 is 11.8 Å². The maximum absolute atomic E-state index is 13.2. The van der Waals surface area contributed by atoms with Gasteiger partial charge in [0.2, 0.25) is 23.6 Å². The Bertz CT molecular complexity index is 897. The molecule has 14 heteroatoms. The Morgan fingerprint density at radius 3 is 2.54 bits per heavy atom. The summed E-state index contributed by atoms with van der Waals surface area (Å²) in [6.45, 7) is 0.220. The van der Waals surface area contributed by atoms with Crippen molar-refractivity contribution in [3.8, 4) is 0 Å². The summed E-state index contributed by atoms with van der Waals surface area (Å²) in [6, 6.07) is -4.12. The van der Waals surface area contributed by atoms with E-state index in [0.717, 1.165) is 0 Å². The molecule has 2 heterocycles. The van der Waals surface area contributed by atoms with Crippen molar-refractivity contribution >= 4 is 41.4 Å². The Kier molecular flexibility index (Phi) is 11.0. The van der Waals surface area contributed by atoms with Crippen LogP contribution in [0.1, 0.15) is 37.8 Å². The second-order valence-electron chi connectivity index (χ2n) is 8.32. The predicted octanol–water partition coefficient (Wildman–Crippen LogP) is -1.66. The molecule has 8 N–H and O–H groups in total. The van der Waals surface area contributed by atoms with E-state index in [1.807, 2.05) is 6.26 Å². The molecular formula is C21H33N7O6S. The number of nitrogens with one attached hydrogen (secondary N) is 3. The largest absolute Gasteiger partial charge is 0.480 e. The van der Waals surface area contributed by atoms with Crippen molar-refractivity contribution in [2.45, 2.75) is 62.7 Å². The number of aromatic amines is 1. The first-order valence-electron chi connectivity index (χ1n) is 11.3. The monoisotopic (exact) mass is 511 g/mol. The Labute approximate surface area is 207 Å². The van der Waals surface area contributed by atoms with Crippen molar-refractivity contribution in [2.75, 3.05) is 18.6 Å². The molecule has 13 nitrogen and oxygen atoms in total. The molecule has 1 aliphatic heterocycles. The standard InChI is InChI=1S/C21H33N7O6S/c1-35-8-6-13(22)18(30)27-15(9-12-10-24-11-25-12)19(31)26-14(4-5-17(23)29)20(32)28-7-2-3-16(28)21(33)34/h10-11,13-16H,2-9,22H2,1H3,(H2,23,29)(H,24,25)(H,26,31)(H,27,30)(H,33,34). The normalized spacial score (nSPS) is 17.9. The highest BCUT2D eigenvalue weighted by Crippen LogP contribution is 2.19. The first-order valence-corrected chi connectivity index (χ1v) is 12.7. The summed E-state index contributed by atoms with van der Waals surface area (Å²) in [5.74, 6) is -2.97. The first-order chi connectivity index (χ1) is 16.6. The van der Waals surface area contributed by atoms with Gasteiger partial charge in [-0.25, -0.2) is 9.78 Å². The van der Waals surface area contributed by atoms with E-state index in [4.69, 9.17) is 11.5 Å². The maximum atomic E-state index is 13.2. The van der Waals surface area contributed by atoms with Crippen molar-refractivity contribution < 1.29 is 29.1 Å². The number of carboxylic acid groups (broad SMARTS) is 1. The number of primary amides is 1. The molecule has 4 unspecified atom stereocenters. The van der Waals surface area contributed by atoms with Gasteiger partial charge in [0.15, 0.2) is 0 Å². The van der Waals surface area contributed by atoms with Crippen LogP contribution in [0, 0.1) is 0 Å². The molecule has 0 bridgehead atoms. The number of carbonyl (C=O) groups excluding carboxylic acids is 4. The summed E-state index contributed by atoms with van der Waals surface area (Å²) < 4.78 is 0. The van der Waals surface area contributed by atoms with E-state index in [-0.39, 0.29) is 25.8 Å². The summed E-state index contributed by atoms with van der Waals surface area (Å²) in [6.07, 6.45) is 5.77. The average Bonchev–Trinajstić information content (AvgIpc) is 3.51.